The van der Waals surface area contributed by atoms with Gasteiger partial charge in [-0.25, -0.2) is 4.99 Å². The summed E-state index contributed by atoms with van der Waals surface area (Å²) in [7, 11) is 0. The number of nitro groups is 1. The quantitative estimate of drug-likeness (QED) is 0.150. The molecule has 34 heavy (non-hydrogen) atoms. The fraction of sp³-hybridized carbons (Fsp3) is 0.391. The zero-order valence-electron chi connectivity index (χ0n) is 18.5. The van der Waals surface area contributed by atoms with Crippen molar-refractivity contribution in [1.29, 1.82) is 5.26 Å². The molecule has 1 saturated heterocycles. The predicted molar refractivity (Wildman–Crippen MR) is 121 cm³/mol. The average molecular weight is 467 g/mol. The molecule has 0 bridgehead atoms. The van der Waals surface area contributed by atoms with Gasteiger partial charge in [0.05, 0.1) is 30.7 Å². The maximum absolute atomic E-state index is 11.4. The van der Waals surface area contributed by atoms with Crippen molar-refractivity contribution >= 4 is 11.6 Å². The average Bonchev–Trinajstić information content (AvgIpc) is 2.86. The minimum absolute atomic E-state index is 0.0996. The first-order valence-corrected chi connectivity index (χ1v) is 10.8. The van der Waals surface area contributed by atoms with Gasteiger partial charge in [0.25, 0.3) is 5.69 Å². The van der Waals surface area contributed by atoms with Crippen LogP contribution in [0.3, 0.4) is 0 Å². The topological polar surface area (TPSA) is 151 Å². The summed E-state index contributed by atoms with van der Waals surface area (Å²) in [5.41, 5.74) is -0.231. The first kappa shape index (κ1) is 23.4. The molecule has 2 aliphatic rings. The minimum atomic E-state index is -1.33. The highest BCUT2D eigenvalue weighted by molar-refractivity contribution is 5.82. The van der Waals surface area contributed by atoms with E-state index in [0.717, 1.165) is 12.0 Å². The van der Waals surface area contributed by atoms with Crippen LogP contribution in [0.1, 0.15) is 30.5 Å². The van der Waals surface area contributed by atoms with E-state index >= 15 is 0 Å². The molecule has 0 spiro atoms. The molecular formula is C23H25N5O6. The second-order valence-electron chi connectivity index (χ2n) is 8.15. The molecule has 3 atom stereocenters. The monoisotopic (exact) mass is 467 g/mol. The van der Waals surface area contributed by atoms with Gasteiger partial charge in [0.2, 0.25) is 5.96 Å². The van der Waals surface area contributed by atoms with Crippen molar-refractivity contribution in [1.82, 2.24) is 10.6 Å². The van der Waals surface area contributed by atoms with E-state index in [-0.39, 0.29) is 18.2 Å². The Hall–Kier alpha value is -3.72. The number of non-ortho nitro benzene ring substituents is 1. The van der Waals surface area contributed by atoms with E-state index in [9.17, 15) is 20.5 Å². The molecular weight excluding hydrogens is 442 g/mol. The van der Waals surface area contributed by atoms with Crippen molar-refractivity contribution in [2.75, 3.05) is 13.2 Å². The van der Waals surface area contributed by atoms with E-state index in [1.165, 1.54) is 18.2 Å². The summed E-state index contributed by atoms with van der Waals surface area (Å²) in [4.78, 5) is 15.3. The van der Waals surface area contributed by atoms with Crippen LogP contribution in [0.2, 0.25) is 0 Å². The molecule has 2 aromatic rings. The predicted octanol–water partition coefficient (Wildman–Crippen LogP) is 2.13. The van der Waals surface area contributed by atoms with Gasteiger partial charge < -0.3 is 24.6 Å². The van der Waals surface area contributed by atoms with Gasteiger partial charge >= 0.3 is 0 Å². The maximum Gasteiger partial charge on any atom is 0.270 e. The van der Waals surface area contributed by atoms with Crippen molar-refractivity contribution in [3.63, 3.8) is 0 Å². The van der Waals surface area contributed by atoms with Crippen LogP contribution < -0.4 is 15.4 Å². The van der Waals surface area contributed by atoms with Gasteiger partial charge in [-0.1, -0.05) is 30.3 Å². The summed E-state index contributed by atoms with van der Waals surface area (Å²) in [6, 6.07) is 12.7. The van der Waals surface area contributed by atoms with Crippen molar-refractivity contribution < 1.29 is 24.2 Å². The molecule has 4 rings (SSSR count). The van der Waals surface area contributed by atoms with Crippen LogP contribution in [0, 0.1) is 21.6 Å². The third-order valence-corrected chi connectivity index (χ3v) is 5.80. The summed E-state index contributed by atoms with van der Waals surface area (Å²) in [5.74, 6) is 0.427. The number of nitrogens with one attached hydrogen (secondary N) is 2. The second kappa shape index (κ2) is 10.0. The summed E-state index contributed by atoms with van der Waals surface area (Å²) in [6.45, 7) is 2.82. The van der Waals surface area contributed by atoms with Gasteiger partial charge in [-0.05, 0) is 25.0 Å². The molecule has 0 amide bonds. The minimum Gasteiger partial charge on any atom is -0.479 e. The third kappa shape index (κ3) is 4.79. The third-order valence-electron chi connectivity index (χ3n) is 5.80. The highest BCUT2D eigenvalue weighted by atomic mass is 16.7. The maximum atomic E-state index is 11.4. The Labute approximate surface area is 196 Å². The largest absolute Gasteiger partial charge is 0.479 e. The molecule has 3 unspecified atom stereocenters. The Morgan fingerprint density at radius 2 is 2.03 bits per heavy atom. The second-order valence-corrected chi connectivity index (χ2v) is 8.15. The number of nitrogens with zero attached hydrogens (tertiary/aromatic N) is 3. The van der Waals surface area contributed by atoms with E-state index in [4.69, 9.17) is 14.2 Å². The number of hydrogen-bond acceptors (Lipinski definition) is 8. The molecule has 2 aromatic carbocycles. The molecule has 0 aliphatic carbocycles. The smallest absolute Gasteiger partial charge is 0.270 e. The molecule has 0 radical (unpaired) electrons. The summed E-state index contributed by atoms with van der Waals surface area (Å²) >= 11 is 0. The van der Waals surface area contributed by atoms with Gasteiger partial charge in [0, 0.05) is 17.7 Å². The van der Waals surface area contributed by atoms with Gasteiger partial charge in [-0.15, -0.1) is 0 Å². The number of hydrogen-bond donors (Lipinski definition) is 3. The van der Waals surface area contributed by atoms with Crippen LogP contribution in [0.4, 0.5) is 5.69 Å². The van der Waals surface area contributed by atoms with Crippen LogP contribution >= 0.6 is 0 Å². The molecule has 3 N–H and O–H groups in total. The number of nitriles is 1. The molecule has 2 aliphatic heterocycles. The number of aliphatic imine (C=N–C) groups is 1. The molecule has 178 valence electrons. The lowest BCUT2D eigenvalue weighted by Gasteiger charge is -2.48. The zero-order chi connectivity index (χ0) is 24.1. The first-order valence-electron chi connectivity index (χ1n) is 10.8. The summed E-state index contributed by atoms with van der Waals surface area (Å²) in [6.07, 6.45) is 0.416. The lowest BCUT2D eigenvalue weighted by Crippen LogP contribution is -2.63. The van der Waals surface area contributed by atoms with Crippen molar-refractivity contribution in [3.05, 3.63) is 69.8 Å². The van der Waals surface area contributed by atoms with Crippen LogP contribution in [-0.4, -0.2) is 47.2 Å². The molecule has 0 saturated carbocycles. The number of nitro benzene ring substituents is 1. The molecule has 1 fully saturated rings. The van der Waals surface area contributed by atoms with Gasteiger partial charge in [-0.3, -0.25) is 15.4 Å². The number of aliphatic hydroxyl groups is 1. The molecule has 0 aromatic heterocycles. The van der Waals surface area contributed by atoms with Gasteiger partial charge in [-0.2, -0.15) is 5.26 Å². The van der Waals surface area contributed by atoms with Gasteiger partial charge in [0.1, 0.15) is 11.9 Å². The molecule has 2 heterocycles. The van der Waals surface area contributed by atoms with E-state index in [0.29, 0.717) is 24.5 Å². The van der Waals surface area contributed by atoms with Crippen LogP contribution in [0.15, 0.2) is 53.5 Å². The van der Waals surface area contributed by atoms with E-state index in [1.807, 2.05) is 36.5 Å². The van der Waals surface area contributed by atoms with Gasteiger partial charge in [0.15, 0.2) is 18.1 Å². The van der Waals surface area contributed by atoms with E-state index in [1.54, 1.807) is 6.92 Å². The number of benzene rings is 2. The Morgan fingerprint density at radius 1 is 1.29 bits per heavy atom. The highest BCUT2D eigenvalue weighted by Gasteiger charge is 2.53. The fourth-order valence-electron chi connectivity index (χ4n) is 4.02. The zero-order valence-corrected chi connectivity index (χ0v) is 18.5. The number of aliphatic hydroxyl groups excluding tert-OH is 1. The number of ether oxygens (including phenoxy) is 3. The van der Waals surface area contributed by atoms with Crippen LogP contribution in [-0.2, 0) is 16.0 Å². The Balaban J connectivity index is 1.70. The first-order chi connectivity index (χ1) is 16.4. The highest BCUT2D eigenvalue weighted by Crippen LogP contribution is 2.44. The Kier molecular flexibility index (Phi) is 6.93. The number of fused-ring (bicyclic) bond motifs is 1. The number of guanidine groups is 1. The van der Waals surface area contributed by atoms with Crippen LogP contribution in [0.25, 0.3) is 0 Å². The standard InChI is InChI=1S/C23H25N5O6/c1-23(21-32-10-5-11-33-21)20(29)19(17-12-16(28(30)31)8-9-18(17)34-23)27-22(26-14-24)25-13-15-6-3-2-4-7-15/h2-4,6-9,12,19-21,29H,5,10-11,13H2,1H3,(H2,25,26,27). The Bertz CT molecular complexity index is 1100. The van der Waals surface area contributed by atoms with Crippen LogP contribution in [0.5, 0.6) is 5.75 Å². The number of rotatable bonds is 5. The normalized spacial score (nSPS) is 24.9. The molecule has 11 heteroatoms. The van der Waals surface area contributed by atoms with Crippen molar-refractivity contribution in [2.45, 2.75) is 43.9 Å². The lowest BCUT2D eigenvalue weighted by molar-refractivity contribution is -0.385. The van der Waals surface area contributed by atoms with E-state index < -0.39 is 29.0 Å². The van der Waals surface area contributed by atoms with Crippen molar-refractivity contribution in [3.8, 4) is 11.9 Å². The van der Waals surface area contributed by atoms with Crippen molar-refractivity contribution in [2.24, 2.45) is 4.99 Å². The summed E-state index contributed by atoms with van der Waals surface area (Å²) in [5, 5.41) is 37.6. The van der Waals surface area contributed by atoms with E-state index in [2.05, 4.69) is 15.6 Å². The molecule has 11 nitrogen and oxygen atoms in total. The summed E-state index contributed by atoms with van der Waals surface area (Å²) < 4.78 is 17.6. The SMILES string of the molecule is CC1(C2OCCCO2)Oc2ccc([N+](=O)[O-])cc2C(NC(=NCc2ccccc2)NC#N)C1O. The Morgan fingerprint density at radius 3 is 2.71 bits per heavy atom. The lowest BCUT2D eigenvalue weighted by atomic mass is 9.84. The fourth-order valence-corrected chi connectivity index (χ4v) is 4.02.